The molecule has 2 aliphatic rings. The van der Waals surface area contributed by atoms with E-state index >= 15 is 0 Å². The maximum atomic E-state index is 13.5. The molecule has 2 aromatic rings. The molecule has 2 heterocycles. The summed E-state index contributed by atoms with van der Waals surface area (Å²) in [7, 11) is 0. The molecule has 3 atom stereocenters. The summed E-state index contributed by atoms with van der Waals surface area (Å²) in [4.78, 5) is 4.59. The highest BCUT2D eigenvalue weighted by atomic mass is 32.1. The SMILES string of the molecule is Cc1ccc(-c2csc(N3N=C(C(F)(F)F)C4CC(C)CCC43)n2)cc1. The predicted octanol–water partition coefficient (Wildman–Crippen LogP) is 5.66. The number of hydrogen-bond acceptors (Lipinski definition) is 4. The lowest BCUT2D eigenvalue weighted by Gasteiger charge is -2.33. The van der Waals surface area contributed by atoms with E-state index in [4.69, 9.17) is 0 Å². The molecular weight excluding hydrogens is 359 g/mol. The fourth-order valence-electron chi connectivity index (χ4n) is 3.89. The fraction of sp³-hybridized carbons (Fsp3) is 0.474. The highest BCUT2D eigenvalue weighted by Gasteiger charge is 2.52. The number of anilines is 1. The van der Waals surface area contributed by atoms with Crippen molar-refractivity contribution in [1.82, 2.24) is 4.98 Å². The van der Waals surface area contributed by atoms with Gasteiger partial charge in [0.2, 0.25) is 5.13 Å². The summed E-state index contributed by atoms with van der Waals surface area (Å²) in [5.74, 6) is -0.256. The molecule has 1 fully saturated rings. The van der Waals surface area contributed by atoms with Gasteiger partial charge in [-0.25, -0.2) is 9.99 Å². The lowest BCUT2D eigenvalue weighted by molar-refractivity contribution is -0.0631. The molecule has 1 aliphatic carbocycles. The van der Waals surface area contributed by atoms with E-state index in [1.807, 2.05) is 43.5 Å². The van der Waals surface area contributed by atoms with Crippen LogP contribution >= 0.6 is 11.3 Å². The van der Waals surface area contributed by atoms with Crippen LogP contribution < -0.4 is 5.01 Å². The number of thiazole rings is 1. The number of aromatic nitrogens is 1. The third-order valence-corrected chi connectivity index (χ3v) is 6.11. The van der Waals surface area contributed by atoms with E-state index in [9.17, 15) is 13.2 Å². The smallest absolute Gasteiger partial charge is 0.235 e. The lowest BCUT2D eigenvalue weighted by Crippen LogP contribution is -2.40. The first kappa shape index (κ1) is 17.5. The molecule has 1 aliphatic heterocycles. The first-order valence-corrected chi connectivity index (χ1v) is 9.68. The molecule has 4 rings (SSSR count). The molecule has 0 saturated heterocycles. The number of hydrogen-bond donors (Lipinski definition) is 0. The normalized spacial score (nSPS) is 26.0. The Morgan fingerprint density at radius 1 is 1.15 bits per heavy atom. The van der Waals surface area contributed by atoms with Crippen molar-refractivity contribution in [3.05, 3.63) is 35.2 Å². The van der Waals surface area contributed by atoms with Gasteiger partial charge in [0.05, 0.1) is 11.7 Å². The van der Waals surface area contributed by atoms with Gasteiger partial charge in [0, 0.05) is 16.9 Å². The molecule has 0 amide bonds. The average molecular weight is 379 g/mol. The van der Waals surface area contributed by atoms with Crippen molar-refractivity contribution in [3.8, 4) is 11.3 Å². The molecule has 0 spiro atoms. The molecule has 1 saturated carbocycles. The van der Waals surface area contributed by atoms with Crippen molar-refractivity contribution < 1.29 is 13.2 Å². The zero-order valence-corrected chi connectivity index (χ0v) is 15.4. The maximum Gasteiger partial charge on any atom is 0.431 e. The standard InChI is InChI=1S/C19H20F3N3S/c1-11-3-6-13(7-4-11)15-10-26-18(23-15)25-16-8-5-12(2)9-14(16)17(24-25)19(20,21)22/h3-4,6-7,10,12,14,16H,5,8-9H2,1-2H3. The van der Waals surface area contributed by atoms with Crippen LogP contribution in [0, 0.1) is 18.8 Å². The van der Waals surface area contributed by atoms with Crippen LogP contribution in [-0.4, -0.2) is 22.9 Å². The molecule has 0 N–H and O–H groups in total. The highest BCUT2D eigenvalue weighted by molar-refractivity contribution is 7.14. The Labute approximate surface area is 154 Å². The minimum atomic E-state index is -4.38. The van der Waals surface area contributed by atoms with E-state index in [0.29, 0.717) is 23.9 Å². The minimum absolute atomic E-state index is 0.236. The van der Waals surface area contributed by atoms with E-state index in [1.165, 1.54) is 16.3 Å². The summed E-state index contributed by atoms with van der Waals surface area (Å²) in [6.07, 6.45) is -2.20. The van der Waals surface area contributed by atoms with E-state index in [-0.39, 0.29) is 6.04 Å². The van der Waals surface area contributed by atoms with E-state index in [1.54, 1.807) is 0 Å². The highest BCUT2D eigenvalue weighted by Crippen LogP contribution is 2.44. The van der Waals surface area contributed by atoms with E-state index in [2.05, 4.69) is 10.1 Å². The van der Waals surface area contributed by atoms with Crippen LogP contribution in [0.4, 0.5) is 18.3 Å². The molecule has 1 aromatic carbocycles. The van der Waals surface area contributed by atoms with Crippen molar-refractivity contribution in [2.45, 2.75) is 45.3 Å². The first-order valence-electron chi connectivity index (χ1n) is 8.80. The van der Waals surface area contributed by atoms with Gasteiger partial charge in [-0.1, -0.05) is 36.8 Å². The van der Waals surface area contributed by atoms with Gasteiger partial charge in [-0.2, -0.15) is 18.3 Å². The first-order chi connectivity index (χ1) is 12.3. The largest absolute Gasteiger partial charge is 0.431 e. The number of hydrazone groups is 1. The van der Waals surface area contributed by atoms with Gasteiger partial charge in [0.1, 0.15) is 5.71 Å². The van der Waals surface area contributed by atoms with Crippen LogP contribution in [0.15, 0.2) is 34.7 Å². The van der Waals surface area contributed by atoms with Crippen LogP contribution in [0.1, 0.15) is 31.7 Å². The molecule has 0 radical (unpaired) electrons. The van der Waals surface area contributed by atoms with Gasteiger partial charge < -0.3 is 0 Å². The molecule has 138 valence electrons. The summed E-state index contributed by atoms with van der Waals surface area (Å²) >= 11 is 1.36. The number of alkyl halides is 3. The molecule has 26 heavy (non-hydrogen) atoms. The van der Waals surface area contributed by atoms with Gasteiger partial charge in [-0.05, 0) is 32.1 Å². The number of rotatable bonds is 2. The van der Waals surface area contributed by atoms with E-state index in [0.717, 1.165) is 23.2 Å². The number of halogens is 3. The fourth-order valence-corrected chi connectivity index (χ4v) is 4.73. The third-order valence-electron chi connectivity index (χ3n) is 5.28. The number of nitrogens with zero attached hydrogens (tertiary/aromatic N) is 3. The molecule has 7 heteroatoms. The molecule has 3 unspecified atom stereocenters. The number of fused-ring (bicyclic) bond motifs is 1. The molecule has 1 aromatic heterocycles. The molecule has 0 bridgehead atoms. The van der Waals surface area contributed by atoms with Crippen LogP contribution in [0.2, 0.25) is 0 Å². The van der Waals surface area contributed by atoms with Crippen molar-refractivity contribution in [2.24, 2.45) is 16.9 Å². The van der Waals surface area contributed by atoms with Gasteiger partial charge in [0.15, 0.2) is 0 Å². The van der Waals surface area contributed by atoms with Crippen molar-refractivity contribution in [2.75, 3.05) is 5.01 Å². The van der Waals surface area contributed by atoms with Crippen LogP contribution in [0.3, 0.4) is 0 Å². The Morgan fingerprint density at radius 2 is 1.88 bits per heavy atom. The van der Waals surface area contributed by atoms with Crippen LogP contribution in [0.25, 0.3) is 11.3 Å². The summed E-state index contributed by atoms with van der Waals surface area (Å²) < 4.78 is 40.4. The summed E-state index contributed by atoms with van der Waals surface area (Å²) in [5.41, 5.74) is 2.26. The second kappa shape index (κ2) is 6.37. The Bertz CT molecular complexity index is 825. The van der Waals surface area contributed by atoms with Gasteiger partial charge >= 0.3 is 6.18 Å². The molecular formula is C19H20F3N3S. The molecule has 3 nitrogen and oxygen atoms in total. The summed E-state index contributed by atoms with van der Waals surface area (Å²) in [6, 6.07) is 7.73. The summed E-state index contributed by atoms with van der Waals surface area (Å²) in [5, 5.41) is 7.97. The van der Waals surface area contributed by atoms with Crippen LogP contribution in [-0.2, 0) is 0 Å². The lowest BCUT2D eigenvalue weighted by atomic mass is 9.77. The zero-order valence-electron chi connectivity index (χ0n) is 14.6. The number of benzene rings is 1. The predicted molar refractivity (Wildman–Crippen MR) is 98.5 cm³/mol. The zero-order chi connectivity index (χ0) is 18.5. The third kappa shape index (κ3) is 3.13. The van der Waals surface area contributed by atoms with Gasteiger partial charge in [-0.3, -0.25) is 0 Å². The second-order valence-corrected chi connectivity index (χ2v) is 8.14. The number of aryl methyl sites for hydroxylation is 1. The maximum absolute atomic E-state index is 13.5. The summed E-state index contributed by atoms with van der Waals surface area (Å²) in [6.45, 7) is 4.03. The minimum Gasteiger partial charge on any atom is -0.235 e. The van der Waals surface area contributed by atoms with Crippen molar-refractivity contribution >= 4 is 22.2 Å². The topological polar surface area (TPSA) is 28.5 Å². The average Bonchev–Trinajstić information content (AvgIpc) is 3.19. The Balaban J connectivity index is 1.66. The monoisotopic (exact) mass is 379 g/mol. The Hall–Kier alpha value is -1.89. The quantitative estimate of drug-likeness (QED) is 0.673. The van der Waals surface area contributed by atoms with E-state index < -0.39 is 17.8 Å². The Kier molecular flexibility index (Phi) is 4.29. The Morgan fingerprint density at radius 3 is 2.58 bits per heavy atom. The van der Waals surface area contributed by atoms with Gasteiger partial charge in [-0.15, -0.1) is 11.3 Å². The van der Waals surface area contributed by atoms with Gasteiger partial charge in [0.25, 0.3) is 0 Å². The second-order valence-electron chi connectivity index (χ2n) is 7.30. The van der Waals surface area contributed by atoms with Crippen LogP contribution in [0.5, 0.6) is 0 Å². The van der Waals surface area contributed by atoms with Crippen molar-refractivity contribution in [3.63, 3.8) is 0 Å². The van der Waals surface area contributed by atoms with Crippen molar-refractivity contribution in [1.29, 1.82) is 0 Å².